The molecule has 0 saturated heterocycles. The standard InChI is InChI=1S/C6H11N2P/c1-5-3-2-4-6(7-5)8-9/h2-3,6,8H,4,9H2,1H3. The van der Waals surface area contributed by atoms with Crippen molar-refractivity contribution < 1.29 is 0 Å². The molecule has 0 fully saturated rings. The van der Waals surface area contributed by atoms with Gasteiger partial charge < -0.3 is 0 Å². The SMILES string of the molecule is CC1=NC(NP)CC=C1. The molecule has 0 aromatic heterocycles. The van der Waals surface area contributed by atoms with Gasteiger partial charge in [0.15, 0.2) is 0 Å². The molecule has 0 aliphatic carbocycles. The molecular weight excluding hydrogens is 131 g/mol. The third kappa shape index (κ3) is 1.88. The van der Waals surface area contributed by atoms with Crippen molar-refractivity contribution in [1.82, 2.24) is 5.09 Å². The molecule has 0 saturated carbocycles. The van der Waals surface area contributed by atoms with E-state index in [4.69, 9.17) is 0 Å². The van der Waals surface area contributed by atoms with Crippen LogP contribution in [0.15, 0.2) is 17.1 Å². The van der Waals surface area contributed by atoms with Gasteiger partial charge in [0, 0.05) is 12.1 Å². The average molecular weight is 142 g/mol. The van der Waals surface area contributed by atoms with Crippen LogP contribution in [0.2, 0.25) is 0 Å². The van der Waals surface area contributed by atoms with Crippen LogP contribution in [0.1, 0.15) is 13.3 Å². The summed E-state index contributed by atoms with van der Waals surface area (Å²) in [6.07, 6.45) is 5.45. The summed E-state index contributed by atoms with van der Waals surface area (Å²) in [5.74, 6) is 0. The first-order valence-corrected chi connectivity index (χ1v) is 3.58. The predicted molar refractivity (Wildman–Crippen MR) is 43.5 cm³/mol. The van der Waals surface area contributed by atoms with Crippen molar-refractivity contribution in [3.8, 4) is 0 Å². The lowest BCUT2D eigenvalue weighted by molar-refractivity contribution is 0.668. The summed E-state index contributed by atoms with van der Waals surface area (Å²) in [6.45, 7) is 2.00. The topological polar surface area (TPSA) is 24.4 Å². The number of nitrogens with one attached hydrogen (secondary N) is 1. The lowest BCUT2D eigenvalue weighted by Crippen LogP contribution is -2.19. The van der Waals surface area contributed by atoms with E-state index in [9.17, 15) is 0 Å². The van der Waals surface area contributed by atoms with Crippen LogP contribution in [0.3, 0.4) is 0 Å². The first-order chi connectivity index (χ1) is 4.33. The molecule has 9 heavy (non-hydrogen) atoms. The van der Waals surface area contributed by atoms with Crippen molar-refractivity contribution in [3.05, 3.63) is 12.2 Å². The maximum Gasteiger partial charge on any atom is 0.106 e. The van der Waals surface area contributed by atoms with Gasteiger partial charge in [-0.2, -0.15) is 0 Å². The number of dihydropyridines is 1. The molecule has 0 amide bonds. The van der Waals surface area contributed by atoms with E-state index in [2.05, 4.69) is 25.5 Å². The van der Waals surface area contributed by atoms with Crippen molar-refractivity contribution in [2.75, 3.05) is 0 Å². The number of aliphatic imine (C=N–C) groups is 1. The third-order valence-electron chi connectivity index (χ3n) is 1.27. The molecule has 2 nitrogen and oxygen atoms in total. The number of hydrogen-bond donors (Lipinski definition) is 1. The average Bonchev–Trinajstić information content (AvgIpc) is 1.88. The van der Waals surface area contributed by atoms with E-state index in [1.807, 2.05) is 13.0 Å². The Kier molecular flexibility index (Phi) is 2.38. The Balaban J connectivity index is 2.55. The molecule has 0 bridgehead atoms. The molecule has 2 atom stereocenters. The van der Waals surface area contributed by atoms with Crippen LogP contribution in [-0.4, -0.2) is 11.9 Å². The van der Waals surface area contributed by atoms with E-state index >= 15 is 0 Å². The van der Waals surface area contributed by atoms with Gasteiger partial charge in [-0.05, 0) is 13.0 Å². The minimum Gasteiger partial charge on any atom is -0.279 e. The van der Waals surface area contributed by atoms with Crippen LogP contribution in [0, 0.1) is 0 Å². The second-order valence-electron chi connectivity index (χ2n) is 2.09. The highest BCUT2D eigenvalue weighted by molar-refractivity contribution is 7.13. The van der Waals surface area contributed by atoms with Crippen LogP contribution >= 0.6 is 9.39 Å². The van der Waals surface area contributed by atoms with Gasteiger partial charge in [-0.15, -0.1) is 0 Å². The van der Waals surface area contributed by atoms with Crippen molar-refractivity contribution in [2.45, 2.75) is 19.5 Å². The lowest BCUT2D eigenvalue weighted by atomic mass is 10.2. The first kappa shape index (κ1) is 6.91. The second-order valence-corrected chi connectivity index (χ2v) is 2.42. The smallest absolute Gasteiger partial charge is 0.106 e. The Morgan fingerprint density at radius 2 is 2.67 bits per heavy atom. The van der Waals surface area contributed by atoms with E-state index in [-0.39, 0.29) is 6.17 Å². The summed E-state index contributed by atoms with van der Waals surface area (Å²) in [6, 6.07) is 0. The lowest BCUT2D eigenvalue weighted by Gasteiger charge is -2.12. The zero-order chi connectivity index (χ0) is 6.69. The van der Waals surface area contributed by atoms with Gasteiger partial charge in [0.05, 0.1) is 0 Å². The van der Waals surface area contributed by atoms with Crippen molar-refractivity contribution >= 4 is 15.1 Å². The minimum absolute atomic E-state index is 0.278. The zero-order valence-electron chi connectivity index (χ0n) is 5.46. The summed E-state index contributed by atoms with van der Waals surface area (Å²) in [4.78, 5) is 4.30. The van der Waals surface area contributed by atoms with Crippen molar-refractivity contribution in [1.29, 1.82) is 0 Å². The molecule has 1 rings (SSSR count). The minimum atomic E-state index is 0.278. The summed E-state index contributed by atoms with van der Waals surface area (Å²) >= 11 is 0. The highest BCUT2D eigenvalue weighted by atomic mass is 31.0. The van der Waals surface area contributed by atoms with Crippen molar-refractivity contribution in [3.63, 3.8) is 0 Å². The summed E-state index contributed by atoms with van der Waals surface area (Å²) in [7, 11) is 2.47. The Bertz CT molecular complexity index is 151. The number of allylic oxidation sites excluding steroid dienone is 1. The molecule has 0 aromatic rings. The van der Waals surface area contributed by atoms with Gasteiger partial charge in [-0.3, -0.25) is 10.1 Å². The molecular formula is C6H11N2P. The second kappa shape index (κ2) is 3.09. The quantitative estimate of drug-likeness (QED) is 0.545. The maximum atomic E-state index is 4.30. The molecule has 1 aliphatic rings. The molecule has 50 valence electrons. The Morgan fingerprint density at radius 1 is 1.89 bits per heavy atom. The normalized spacial score (nSPS) is 26.0. The van der Waals surface area contributed by atoms with Gasteiger partial charge >= 0.3 is 0 Å². The van der Waals surface area contributed by atoms with Gasteiger partial charge in [-0.25, -0.2) is 0 Å². The van der Waals surface area contributed by atoms with E-state index < -0.39 is 0 Å². The molecule has 1 N–H and O–H groups in total. The van der Waals surface area contributed by atoms with Gasteiger partial charge in [0.25, 0.3) is 0 Å². The first-order valence-electron chi connectivity index (χ1n) is 3.00. The van der Waals surface area contributed by atoms with Gasteiger partial charge in [0.2, 0.25) is 0 Å². The molecule has 0 spiro atoms. The molecule has 1 aliphatic heterocycles. The summed E-state index contributed by atoms with van der Waals surface area (Å²) in [5.41, 5.74) is 1.10. The fourth-order valence-corrected chi connectivity index (χ4v) is 1.02. The van der Waals surface area contributed by atoms with Crippen LogP contribution in [0.5, 0.6) is 0 Å². The zero-order valence-corrected chi connectivity index (χ0v) is 6.62. The largest absolute Gasteiger partial charge is 0.279 e. The summed E-state index contributed by atoms with van der Waals surface area (Å²) < 4.78 is 0. The van der Waals surface area contributed by atoms with Crippen molar-refractivity contribution in [2.24, 2.45) is 4.99 Å². The van der Waals surface area contributed by atoms with E-state index in [0.717, 1.165) is 12.1 Å². The Morgan fingerprint density at radius 3 is 3.11 bits per heavy atom. The monoisotopic (exact) mass is 142 g/mol. The fraction of sp³-hybridized carbons (Fsp3) is 0.500. The number of rotatable bonds is 1. The van der Waals surface area contributed by atoms with Gasteiger partial charge in [-0.1, -0.05) is 15.5 Å². The van der Waals surface area contributed by atoms with E-state index in [0.29, 0.717) is 0 Å². The Labute approximate surface area is 57.7 Å². The number of nitrogens with zero attached hydrogens (tertiary/aromatic N) is 1. The molecule has 1 heterocycles. The predicted octanol–water partition coefficient (Wildman–Crippen LogP) is 1.11. The molecule has 0 radical (unpaired) electrons. The molecule has 3 heteroatoms. The van der Waals surface area contributed by atoms with E-state index in [1.165, 1.54) is 0 Å². The van der Waals surface area contributed by atoms with Crippen LogP contribution < -0.4 is 5.09 Å². The highest BCUT2D eigenvalue weighted by Gasteiger charge is 2.03. The van der Waals surface area contributed by atoms with Crippen LogP contribution in [-0.2, 0) is 0 Å². The van der Waals surface area contributed by atoms with Crippen LogP contribution in [0.25, 0.3) is 0 Å². The molecule has 0 aromatic carbocycles. The van der Waals surface area contributed by atoms with Gasteiger partial charge in [0.1, 0.15) is 6.17 Å². The maximum absolute atomic E-state index is 4.30. The fourth-order valence-electron chi connectivity index (χ4n) is 0.814. The highest BCUT2D eigenvalue weighted by Crippen LogP contribution is 2.04. The summed E-state index contributed by atoms with van der Waals surface area (Å²) in [5, 5.41) is 3.01. The van der Waals surface area contributed by atoms with Crippen LogP contribution in [0.4, 0.5) is 0 Å². The molecule has 2 unspecified atom stereocenters. The third-order valence-corrected chi connectivity index (χ3v) is 1.66. The Hall–Kier alpha value is -0.200. The van der Waals surface area contributed by atoms with E-state index in [1.54, 1.807) is 0 Å². The number of hydrogen-bond acceptors (Lipinski definition) is 2.